The van der Waals surface area contributed by atoms with Gasteiger partial charge in [-0.25, -0.2) is 9.97 Å². The molecule has 6 nitrogen and oxygen atoms in total. The van der Waals surface area contributed by atoms with Crippen LogP contribution >= 0.6 is 0 Å². The summed E-state index contributed by atoms with van der Waals surface area (Å²) in [6.45, 7) is 5.70. The van der Waals surface area contributed by atoms with Crippen molar-refractivity contribution in [3.63, 3.8) is 0 Å². The van der Waals surface area contributed by atoms with Gasteiger partial charge in [0.2, 0.25) is 0 Å². The molecule has 0 unspecified atom stereocenters. The molecule has 1 aromatic carbocycles. The molecule has 0 amide bonds. The van der Waals surface area contributed by atoms with Crippen molar-refractivity contribution in [2.75, 3.05) is 11.9 Å². The Morgan fingerprint density at radius 2 is 2.12 bits per heavy atom. The Hall–Kier alpha value is -2.91. The van der Waals surface area contributed by atoms with Crippen LogP contribution in [-0.2, 0) is 0 Å². The van der Waals surface area contributed by atoms with Crippen molar-refractivity contribution in [2.45, 2.75) is 26.4 Å². The molecule has 0 saturated carbocycles. The van der Waals surface area contributed by atoms with E-state index in [-0.39, 0.29) is 0 Å². The fourth-order valence-electron chi connectivity index (χ4n) is 2.53. The molecule has 0 aliphatic carbocycles. The second kappa shape index (κ2) is 5.95. The Morgan fingerprint density at radius 1 is 1.33 bits per heavy atom. The standard InChI is InChI=1S/C18H19N5O/c1-12-17(21-11-18(2,3)24)20-10-15(22-12)23-8-7-13-5-4-6-14(9-19)16(13)23/h4-8,10,24H,11H2,1-3H3,(H,20,21). The molecule has 2 N–H and O–H groups in total. The SMILES string of the molecule is Cc1nc(-n2ccc3cccc(C#N)c32)cnc1NCC(C)(C)O. The number of nitriles is 1. The molecule has 0 spiro atoms. The molecule has 3 rings (SSSR count). The third-order valence-corrected chi connectivity index (χ3v) is 3.70. The molecular weight excluding hydrogens is 302 g/mol. The number of fused-ring (bicyclic) bond motifs is 1. The van der Waals surface area contributed by atoms with E-state index in [9.17, 15) is 10.4 Å². The average molecular weight is 321 g/mol. The fourth-order valence-corrected chi connectivity index (χ4v) is 2.53. The largest absolute Gasteiger partial charge is 0.389 e. The monoisotopic (exact) mass is 321 g/mol. The van der Waals surface area contributed by atoms with Crippen molar-refractivity contribution in [1.82, 2.24) is 14.5 Å². The van der Waals surface area contributed by atoms with E-state index < -0.39 is 5.60 Å². The van der Waals surface area contributed by atoms with Crippen LogP contribution in [0.15, 0.2) is 36.7 Å². The molecule has 3 aromatic rings. The minimum absolute atomic E-state index is 0.382. The molecule has 0 saturated heterocycles. The highest BCUT2D eigenvalue weighted by Crippen LogP contribution is 2.23. The van der Waals surface area contributed by atoms with Gasteiger partial charge in [-0.05, 0) is 32.9 Å². The van der Waals surface area contributed by atoms with Crippen molar-refractivity contribution >= 4 is 16.7 Å². The number of hydrogen-bond acceptors (Lipinski definition) is 5. The van der Waals surface area contributed by atoms with E-state index in [1.54, 1.807) is 26.1 Å². The number of benzene rings is 1. The van der Waals surface area contributed by atoms with Gasteiger partial charge in [-0.15, -0.1) is 0 Å². The lowest BCUT2D eigenvalue weighted by Gasteiger charge is -2.19. The predicted octanol–water partition coefficient (Wildman–Crippen LogP) is 2.78. The quantitative estimate of drug-likeness (QED) is 0.771. The number of aliphatic hydroxyl groups is 1. The second-order valence-electron chi connectivity index (χ2n) is 6.37. The first-order valence-corrected chi connectivity index (χ1v) is 7.69. The van der Waals surface area contributed by atoms with Gasteiger partial charge in [0.05, 0.1) is 28.6 Å². The zero-order chi connectivity index (χ0) is 17.3. The first kappa shape index (κ1) is 16.0. The van der Waals surface area contributed by atoms with Gasteiger partial charge < -0.3 is 10.4 Å². The Morgan fingerprint density at radius 3 is 2.79 bits per heavy atom. The van der Waals surface area contributed by atoms with E-state index in [1.807, 2.05) is 35.9 Å². The number of nitrogens with zero attached hydrogens (tertiary/aromatic N) is 4. The maximum atomic E-state index is 9.81. The summed E-state index contributed by atoms with van der Waals surface area (Å²) in [6, 6.07) is 9.79. The molecule has 24 heavy (non-hydrogen) atoms. The van der Waals surface area contributed by atoms with Crippen LogP contribution < -0.4 is 5.32 Å². The molecule has 0 aliphatic heterocycles. The molecule has 2 aromatic heterocycles. The number of aryl methyl sites for hydroxylation is 1. The van der Waals surface area contributed by atoms with E-state index in [0.29, 0.717) is 23.7 Å². The van der Waals surface area contributed by atoms with E-state index in [4.69, 9.17) is 0 Å². The van der Waals surface area contributed by atoms with Crippen LogP contribution in [0.1, 0.15) is 25.1 Å². The van der Waals surface area contributed by atoms with Crippen molar-refractivity contribution in [3.8, 4) is 11.9 Å². The van der Waals surface area contributed by atoms with Crippen LogP contribution in [0.5, 0.6) is 0 Å². The molecule has 0 radical (unpaired) electrons. The van der Waals surface area contributed by atoms with Crippen LogP contribution in [0.25, 0.3) is 16.7 Å². The van der Waals surface area contributed by atoms with Gasteiger partial charge >= 0.3 is 0 Å². The summed E-state index contributed by atoms with van der Waals surface area (Å²) in [5.74, 6) is 1.29. The van der Waals surface area contributed by atoms with Crippen molar-refractivity contribution in [2.24, 2.45) is 0 Å². The summed E-state index contributed by atoms with van der Waals surface area (Å²) in [7, 11) is 0. The molecule has 122 valence electrons. The third-order valence-electron chi connectivity index (χ3n) is 3.70. The van der Waals surface area contributed by atoms with Gasteiger partial charge in [0.25, 0.3) is 0 Å². The van der Waals surface area contributed by atoms with Crippen LogP contribution in [0.2, 0.25) is 0 Å². The molecule has 0 fully saturated rings. The highest BCUT2D eigenvalue weighted by molar-refractivity contribution is 5.86. The highest BCUT2D eigenvalue weighted by Gasteiger charge is 2.14. The van der Waals surface area contributed by atoms with Crippen LogP contribution in [0, 0.1) is 18.3 Å². The Balaban J connectivity index is 2.00. The normalized spacial score (nSPS) is 11.5. The Labute approximate surface area is 140 Å². The van der Waals surface area contributed by atoms with E-state index in [2.05, 4.69) is 21.4 Å². The van der Waals surface area contributed by atoms with Crippen molar-refractivity contribution < 1.29 is 5.11 Å². The summed E-state index contributed by atoms with van der Waals surface area (Å²) >= 11 is 0. The van der Waals surface area contributed by atoms with Crippen molar-refractivity contribution in [1.29, 1.82) is 5.26 Å². The van der Waals surface area contributed by atoms with E-state index in [0.717, 1.165) is 16.6 Å². The maximum Gasteiger partial charge on any atom is 0.156 e. The summed E-state index contributed by atoms with van der Waals surface area (Å²) in [5.41, 5.74) is 1.32. The fraction of sp³-hybridized carbons (Fsp3) is 0.278. The van der Waals surface area contributed by atoms with Gasteiger partial charge in [0.1, 0.15) is 11.9 Å². The lowest BCUT2D eigenvalue weighted by molar-refractivity contribution is 0.0944. The number of nitrogens with one attached hydrogen (secondary N) is 1. The lowest BCUT2D eigenvalue weighted by atomic mass is 10.1. The van der Waals surface area contributed by atoms with Gasteiger partial charge in [0, 0.05) is 18.1 Å². The molecule has 2 heterocycles. The van der Waals surface area contributed by atoms with E-state index >= 15 is 0 Å². The Bertz CT molecular complexity index is 931. The van der Waals surface area contributed by atoms with Crippen LogP contribution in [0.4, 0.5) is 5.82 Å². The summed E-state index contributed by atoms with van der Waals surface area (Å²) in [6.07, 6.45) is 3.55. The highest BCUT2D eigenvalue weighted by atomic mass is 16.3. The van der Waals surface area contributed by atoms with Gasteiger partial charge in [-0.3, -0.25) is 4.57 Å². The van der Waals surface area contributed by atoms with Crippen LogP contribution in [-0.4, -0.2) is 31.8 Å². The molecule has 0 bridgehead atoms. The minimum Gasteiger partial charge on any atom is -0.389 e. The van der Waals surface area contributed by atoms with Crippen molar-refractivity contribution in [3.05, 3.63) is 47.9 Å². The van der Waals surface area contributed by atoms with Crippen LogP contribution in [0.3, 0.4) is 0 Å². The minimum atomic E-state index is -0.828. The topological polar surface area (TPSA) is 86.8 Å². The summed E-state index contributed by atoms with van der Waals surface area (Å²) in [5, 5.41) is 23.2. The smallest absolute Gasteiger partial charge is 0.156 e. The number of hydrogen-bond donors (Lipinski definition) is 2. The number of aromatic nitrogens is 3. The third kappa shape index (κ3) is 3.07. The zero-order valence-electron chi connectivity index (χ0n) is 13.9. The number of para-hydroxylation sites is 1. The first-order valence-electron chi connectivity index (χ1n) is 7.69. The average Bonchev–Trinajstić information content (AvgIpc) is 2.97. The Kier molecular flexibility index (Phi) is 3.96. The molecule has 0 atom stereocenters. The van der Waals surface area contributed by atoms with Gasteiger partial charge in [-0.2, -0.15) is 5.26 Å². The summed E-state index contributed by atoms with van der Waals surface area (Å²) < 4.78 is 1.87. The second-order valence-corrected chi connectivity index (χ2v) is 6.37. The first-order chi connectivity index (χ1) is 11.4. The van der Waals surface area contributed by atoms with Gasteiger partial charge in [-0.1, -0.05) is 12.1 Å². The molecular formula is C18H19N5O. The molecule has 6 heteroatoms. The van der Waals surface area contributed by atoms with Gasteiger partial charge in [0.15, 0.2) is 5.82 Å². The predicted molar refractivity (Wildman–Crippen MR) is 93.1 cm³/mol. The maximum absolute atomic E-state index is 9.81. The molecule has 0 aliphatic rings. The summed E-state index contributed by atoms with van der Waals surface area (Å²) in [4.78, 5) is 9.00. The number of rotatable bonds is 4. The number of anilines is 1. The zero-order valence-corrected chi connectivity index (χ0v) is 13.9. The lowest BCUT2D eigenvalue weighted by Crippen LogP contribution is -2.30. The van der Waals surface area contributed by atoms with E-state index in [1.165, 1.54) is 0 Å².